The number of carbonyl (C=O) groups excluding carboxylic acids is 2. The lowest BCUT2D eigenvalue weighted by Gasteiger charge is -2.15. The smallest absolute Gasteiger partial charge is 0.261 e. The number of ether oxygens (including phenoxy) is 2. The highest BCUT2D eigenvalue weighted by molar-refractivity contribution is 6.42. The second-order valence-electron chi connectivity index (χ2n) is 6.62. The molecule has 1 aliphatic heterocycles. The van der Waals surface area contributed by atoms with Crippen LogP contribution in [-0.4, -0.2) is 34.8 Å². The van der Waals surface area contributed by atoms with Crippen molar-refractivity contribution in [3.05, 3.63) is 81.5 Å². The summed E-state index contributed by atoms with van der Waals surface area (Å²) in [6.07, 6.45) is 1.54. The summed E-state index contributed by atoms with van der Waals surface area (Å²) in [5.41, 5.74) is 1.64. The van der Waals surface area contributed by atoms with Gasteiger partial charge in [-0.25, -0.2) is 4.98 Å². The number of pyridine rings is 1. The van der Waals surface area contributed by atoms with E-state index in [0.717, 1.165) is 5.56 Å². The second kappa shape index (κ2) is 10.5. The van der Waals surface area contributed by atoms with Crippen LogP contribution in [0.2, 0.25) is 10.0 Å². The van der Waals surface area contributed by atoms with E-state index >= 15 is 0 Å². The first-order chi connectivity index (χ1) is 15.4. The van der Waals surface area contributed by atoms with Crippen molar-refractivity contribution in [3.63, 3.8) is 0 Å². The van der Waals surface area contributed by atoms with Crippen molar-refractivity contribution in [3.8, 4) is 17.4 Å². The number of amides is 2. The molecule has 0 aliphatic carbocycles. The van der Waals surface area contributed by atoms with E-state index in [-0.39, 0.29) is 25.0 Å². The first-order valence-electron chi connectivity index (χ1n) is 10.1. The highest BCUT2D eigenvalue weighted by atomic mass is 35.5. The molecule has 1 aromatic heterocycles. The van der Waals surface area contributed by atoms with Crippen LogP contribution in [0.4, 0.5) is 0 Å². The van der Waals surface area contributed by atoms with Crippen LogP contribution in [0.3, 0.4) is 0 Å². The number of benzene rings is 2. The number of aromatic nitrogens is 1. The third-order valence-corrected chi connectivity index (χ3v) is 5.32. The minimum atomic E-state index is -0.312. The first kappa shape index (κ1) is 23.6. The third-order valence-electron chi connectivity index (χ3n) is 4.60. The molecule has 0 bridgehead atoms. The third kappa shape index (κ3) is 5.03. The SMILES string of the molecule is CC.Cc1cc(Cl)c(Cl)cc1Oc1cc(OCCN2C(=O)c3ccccc3C2=O)ccn1. The molecule has 0 atom stereocenters. The van der Waals surface area contributed by atoms with E-state index < -0.39 is 0 Å². The van der Waals surface area contributed by atoms with Crippen LogP contribution < -0.4 is 9.47 Å². The van der Waals surface area contributed by atoms with Crippen LogP contribution in [0.15, 0.2) is 54.7 Å². The van der Waals surface area contributed by atoms with Crippen LogP contribution in [0.5, 0.6) is 17.4 Å². The molecule has 2 amide bonds. The molecule has 8 heteroatoms. The van der Waals surface area contributed by atoms with Gasteiger partial charge < -0.3 is 9.47 Å². The lowest BCUT2D eigenvalue weighted by atomic mass is 10.1. The molecule has 6 nitrogen and oxygen atoms in total. The minimum absolute atomic E-state index is 0.136. The highest BCUT2D eigenvalue weighted by Crippen LogP contribution is 2.33. The van der Waals surface area contributed by atoms with E-state index in [1.165, 1.54) is 4.90 Å². The number of imide groups is 1. The zero-order valence-electron chi connectivity index (χ0n) is 17.9. The van der Waals surface area contributed by atoms with Crippen LogP contribution in [-0.2, 0) is 0 Å². The average molecular weight is 473 g/mol. The Morgan fingerprint density at radius 1 is 0.938 bits per heavy atom. The Balaban J connectivity index is 0.00000141. The number of nitrogens with zero attached hydrogens (tertiary/aromatic N) is 2. The van der Waals surface area contributed by atoms with Crippen molar-refractivity contribution in [1.82, 2.24) is 9.88 Å². The number of hydrogen-bond acceptors (Lipinski definition) is 5. The summed E-state index contributed by atoms with van der Waals surface area (Å²) in [5.74, 6) is 0.713. The van der Waals surface area contributed by atoms with E-state index in [9.17, 15) is 9.59 Å². The fraction of sp³-hybridized carbons (Fsp3) is 0.208. The maximum atomic E-state index is 12.4. The van der Waals surface area contributed by atoms with Gasteiger partial charge in [-0.3, -0.25) is 14.5 Å². The quantitative estimate of drug-likeness (QED) is 0.400. The Morgan fingerprint density at radius 2 is 1.56 bits per heavy atom. The lowest BCUT2D eigenvalue weighted by molar-refractivity contribution is 0.0631. The highest BCUT2D eigenvalue weighted by Gasteiger charge is 2.34. The molecule has 2 heterocycles. The Bertz CT molecular complexity index is 1120. The fourth-order valence-electron chi connectivity index (χ4n) is 3.08. The summed E-state index contributed by atoms with van der Waals surface area (Å²) in [6, 6.07) is 13.4. The van der Waals surface area contributed by atoms with E-state index in [0.29, 0.717) is 38.6 Å². The molecule has 0 spiro atoms. The number of rotatable bonds is 6. The van der Waals surface area contributed by atoms with Gasteiger partial charge in [0, 0.05) is 18.3 Å². The Morgan fingerprint density at radius 3 is 2.22 bits per heavy atom. The number of fused-ring (bicyclic) bond motifs is 1. The summed E-state index contributed by atoms with van der Waals surface area (Å²) in [4.78, 5) is 30.1. The van der Waals surface area contributed by atoms with E-state index in [1.54, 1.807) is 54.7 Å². The van der Waals surface area contributed by atoms with Gasteiger partial charge in [0.15, 0.2) is 0 Å². The van der Waals surface area contributed by atoms with Gasteiger partial charge in [0.1, 0.15) is 18.1 Å². The molecular weight excluding hydrogens is 451 g/mol. The van der Waals surface area contributed by atoms with Crippen LogP contribution in [0.25, 0.3) is 0 Å². The average Bonchev–Trinajstić information content (AvgIpc) is 3.04. The molecule has 0 saturated heterocycles. The topological polar surface area (TPSA) is 68.7 Å². The van der Waals surface area contributed by atoms with Crippen LogP contribution >= 0.6 is 23.2 Å². The molecule has 2 aromatic carbocycles. The largest absolute Gasteiger partial charge is 0.491 e. The predicted molar refractivity (Wildman–Crippen MR) is 124 cm³/mol. The zero-order chi connectivity index (χ0) is 23.3. The summed E-state index contributed by atoms with van der Waals surface area (Å²) in [7, 11) is 0. The van der Waals surface area contributed by atoms with Gasteiger partial charge in [0.05, 0.1) is 27.7 Å². The van der Waals surface area contributed by atoms with Crippen LogP contribution in [0, 0.1) is 6.92 Å². The Labute approximate surface area is 196 Å². The second-order valence-corrected chi connectivity index (χ2v) is 7.43. The molecule has 3 aromatic rings. The maximum absolute atomic E-state index is 12.4. The Kier molecular flexibility index (Phi) is 7.72. The van der Waals surface area contributed by atoms with E-state index in [1.807, 2.05) is 20.8 Å². The number of carbonyl (C=O) groups is 2. The van der Waals surface area contributed by atoms with Gasteiger partial charge in [-0.15, -0.1) is 0 Å². The molecule has 4 rings (SSSR count). The van der Waals surface area contributed by atoms with E-state index in [2.05, 4.69) is 4.98 Å². The summed E-state index contributed by atoms with van der Waals surface area (Å²) in [5, 5.41) is 0.824. The van der Waals surface area contributed by atoms with Crippen LogP contribution in [0.1, 0.15) is 40.1 Å². The van der Waals surface area contributed by atoms with Gasteiger partial charge in [0.25, 0.3) is 11.8 Å². The number of hydrogen-bond donors (Lipinski definition) is 0. The molecule has 0 radical (unpaired) electrons. The van der Waals surface area contributed by atoms with E-state index in [4.69, 9.17) is 32.7 Å². The predicted octanol–water partition coefficient (Wildman–Crippen LogP) is 6.19. The van der Waals surface area contributed by atoms with Crippen molar-refractivity contribution < 1.29 is 19.1 Å². The lowest BCUT2D eigenvalue weighted by Crippen LogP contribution is -2.33. The standard InChI is InChI=1S/C22H16Cl2N2O4.C2H6/c1-13-10-17(23)18(24)12-19(13)30-20-11-14(6-7-25-20)29-9-8-26-21(27)15-4-2-3-5-16(15)22(26)28;1-2/h2-7,10-12H,8-9H2,1H3;1-2H3. The first-order valence-corrected chi connectivity index (χ1v) is 10.9. The van der Waals surface area contributed by atoms with Gasteiger partial charge >= 0.3 is 0 Å². The fourth-order valence-corrected chi connectivity index (χ4v) is 3.46. The Hall–Kier alpha value is -3.09. The van der Waals surface area contributed by atoms with Gasteiger partial charge in [0.2, 0.25) is 5.88 Å². The number of halogens is 2. The zero-order valence-corrected chi connectivity index (χ0v) is 19.4. The molecular formula is C24H22Cl2N2O4. The molecule has 0 N–H and O–H groups in total. The van der Waals surface area contributed by atoms with Crippen molar-refractivity contribution in [1.29, 1.82) is 0 Å². The van der Waals surface area contributed by atoms with Crippen molar-refractivity contribution in [2.24, 2.45) is 0 Å². The molecule has 32 heavy (non-hydrogen) atoms. The number of aryl methyl sites for hydroxylation is 1. The molecule has 1 aliphatic rings. The monoisotopic (exact) mass is 472 g/mol. The van der Waals surface area contributed by atoms with Crippen molar-refractivity contribution in [2.75, 3.05) is 13.2 Å². The molecule has 0 saturated carbocycles. The molecule has 166 valence electrons. The summed E-state index contributed by atoms with van der Waals surface area (Å²) >= 11 is 12.1. The summed E-state index contributed by atoms with van der Waals surface area (Å²) < 4.78 is 11.5. The molecule has 0 unspecified atom stereocenters. The summed E-state index contributed by atoms with van der Waals surface area (Å²) in [6.45, 7) is 6.12. The van der Waals surface area contributed by atoms with Gasteiger partial charge in [-0.2, -0.15) is 0 Å². The normalized spacial score (nSPS) is 12.2. The van der Waals surface area contributed by atoms with Crippen molar-refractivity contribution >= 4 is 35.0 Å². The minimum Gasteiger partial charge on any atom is -0.491 e. The molecule has 0 fully saturated rings. The maximum Gasteiger partial charge on any atom is 0.261 e. The van der Waals surface area contributed by atoms with Crippen molar-refractivity contribution in [2.45, 2.75) is 20.8 Å². The van der Waals surface area contributed by atoms with Gasteiger partial charge in [-0.1, -0.05) is 49.2 Å². The van der Waals surface area contributed by atoms with Gasteiger partial charge in [-0.05, 0) is 36.8 Å².